The van der Waals surface area contributed by atoms with Gasteiger partial charge in [0.05, 0.1) is 11.8 Å². The van der Waals surface area contributed by atoms with Crippen molar-refractivity contribution in [2.75, 3.05) is 0 Å². The molecule has 0 saturated heterocycles. The number of carbonyl (C=O) groups is 1. The molecule has 2 heteroatoms. The molecular formula is C17H16O2. The predicted octanol–water partition coefficient (Wildman–Crippen LogP) is 4.09. The van der Waals surface area contributed by atoms with Gasteiger partial charge in [-0.25, -0.2) is 0 Å². The molecule has 19 heavy (non-hydrogen) atoms. The normalized spacial score (nSPS) is 11.4. The number of aryl methyl sites for hydroxylation is 2. The summed E-state index contributed by atoms with van der Waals surface area (Å²) in [6.07, 6.45) is 0.882. The van der Waals surface area contributed by atoms with Crippen LogP contribution in [0.4, 0.5) is 0 Å². The summed E-state index contributed by atoms with van der Waals surface area (Å²) in [6, 6.07) is 14.8. The Morgan fingerprint density at radius 2 is 1.26 bits per heavy atom. The molecule has 0 aliphatic carbocycles. The molecular weight excluding hydrogens is 236 g/mol. The standard InChI is InChI=1S/C17H16O2/c1-12-3-7-14(8-4-12)16(11-18)17(19)15-9-5-13(2)6-10-15/h3-11,18H,1-2H3. The van der Waals surface area contributed by atoms with Crippen LogP contribution in [0.5, 0.6) is 0 Å². The Bertz CT molecular complexity index is 605. The van der Waals surface area contributed by atoms with Gasteiger partial charge in [0.15, 0.2) is 5.78 Å². The van der Waals surface area contributed by atoms with Gasteiger partial charge in [-0.15, -0.1) is 0 Å². The van der Waals surface area contributed by atoms with Gasteiger partial charge in [0.25, 0.3) is 0 Å². The van der Waals surface area contributed by atoms with Crippen LogP contribution in [0.15, 0.2) is 54.8 Å². The van der Waals surface area contributed by atoms with Crippen LogP contribution in [0, 0.1) is 13.8 Å². The van der Waals surface area contributed by atoms with E-state index in [4.69, 9.17) is 0 Å². The lowest BCUT2D eigenvalue weighted by Crippen LogP contribution is -2.03. The van der Waals surface area contributed by atoms with E-state index in [0.717, 1.165) is 23.0 Å². The first-order chi connectivity index (χ1) is 9.11. The first-order valence-electron chi connectivity index (χ1n) is 6.14. The third-order valence-electron chi connectivity index (χ3n) is 3.05. The molecule has 96 valence electrons. The van der Waals surface area contributed by atoms with Crippen LogP contribution in [-0.4, -0.2) is 10.9 Å². The Kier molecular flexibility index (Phi) is 3.81. The Labute approximate surface area is 113 Å². The number of aliphatic hydroxyl groups is 1. The van der Waals surface area contributed by atoms with E-state index in [9.17, 15) is 9.90 Å². The summed E-state index contributed by atoms with van der Waals surface area (Å²) in [5.41, 5.74) is 3.82. The minimum atomic E-state index is -0.175. The minimum Gasteiger partial charge on any atom is -0.515 e. The van der Waals surface area contributed by atoms with Crippen molar-refractivity contribution in [1.82, 2.24) is 0 Å². The third kappa shape index (κ3) is 2.91. The van der Waals surface area contributed by atoms with E-state index in [1.807, 2.05) is 50.2 Å². The van der Waals surface area contributed by atoms with Crippen molar-refractivity contribution in [1.29, 1.82) is 0 Å². The molecule has 0 spiro atoms. The molecule has 2 aromatic carbocycles. The van der Waals surface area contributed by atoms with E-state index in [1.54, 1.807) is 12.1 Å². The second-order valence-electron chi connectivity index (χ2n) is 4.60. The summed E-state index contributed by atoms with van der Waals surface area (Å²) in [5, 5.41) is 9.35. The SMILES string of the molecule is Cc1ccc(C(=O)C(=CO)c2ccc(C)cc2)cc1. The fourth-order valence-electron chi connectivity index (χ4n) is 1.86. The fourth-order valence-corrected chi connectivity index (χ4v) is 1.86. The first kappa shape index (κ1) is 13.1. The molecule has 0 aliphatic heterocycles. The van der Waals surface area contributed by atoms with E-state index in [0.29, 0.717) is 11.1 Å². The fraction of sp³-hybridized carbons (Fsp3) is 0.118. The molecule has 0 heterocycles. The smallest absolute Gasteiger partial charge is 0.196 e. The number of allylic oxidation sites excluding steroid dienone is 1. The Hall–Kier alpha value is -2.35. The zero-order chi connectivity index (χ0) is 13.8. The number of hydrogen-bond acceptors (Lipinski definition) is 2. The van der Waals surface area contributed by atoms with Gasteiger partial charge in [-0.05, 0) is 19.4 Å². The lowest BCUT2D eigenvalue weighted by atomic mass is 9.97. The van der Waals surface area contributed by atoms with Crippen molar-refractivity contribution in [3.63, 3.8) is 0 Å². The van der Waals surface area contributed by atoms with Crippen LogP contribution >= 0.6 is 0 Å². The van der Waals surface area contributed by atoms with E-state index >= 15 is 0 Å². The van der Waals surface area contributed by atoms with Gasteiger partial charge in [0, 0.05) is 5.56 Å². The molecule has 0 saturated carbocycles. The van der Waals surface area contributed by atoms with Crippen molar-refractivity contribution >= 4 is 11.4 Å². The molecule has 1 N–H and O–H groups in total. The Morgan fingerprint density at radius 1 is 0.842 bits per heavy atom. The zero-order valence-electron chi connectivity index (χ0n) is 11.1. The number of carbonyl (C=O) groups excluding carboxylic acids is 1. The van der Waals surface area contributed by atoms with E-state index < -0.39 is 0 Å². The van der Waals surface area contributed by atoms with Crippen LogP contribution in [0.3, 0.4) is 0 Å². The number of Topliss-reactive ketones (excluding diaryl/α,β-unsaturated/α-hetero) is 1. The van der Waals surface area contributed by atoms with Gasteiger partial charge in [0.2, 0.25) is 0 Å². The molecule has 0 aliphatic rings. The number of aliphatic hydroxyl groups excluding tert-OH is 1. The number of hydrogen-bond donors (Lipinski definition) is 1. The number of ketones is 1. The van der Waals surface area contributed by atoms with Crippen LogP contribution in [0.25, 0.3) is 5.57 Å². The van der Waals surface area contributed by atoms with E-state index in [-0.39, 0.29) is 5.78 Å². The molecule has 2 nitrogen and oxygen atoms in total. The summed E-state index contributed by atoms with van der Waals surface area (Å²) in [4.78, 5) is 12.3. The summed E-state index contributed by atoms with van der Waals surface area (Å²) in [7, 11) is 0. The van der Waals surface area contributed by atoms with Crippen molar-refractivity contribution in [2.24, 2.45) is 0 Å². The molecule has 2 rings (SSSR count). The van der Waals surface area contributed by atoms with Gasteiger partial charge in [0.1, 0.15) is 0 Å². The van der Waals surface area contributed by atoms with Crippen LogP contribution in [0.1, 0.15) is 27.0 Å². The van der Waals surface area contributed by atoms with Gasteiger partial charge >= 0.3 is 0 Å². The highest BCUT2D eigenvalue weighted by Gasteiger charge is 2.14. The van der Waals surface area contributed by atoms with Crippen LogP contribution in [-0.2, 0) is 0 Å². The second-order valence-corrected chi connectivity index (χ2v) is 4.60. The zero-order valence-corrected chi connectivity index (χ0v) is 11.1. The molecule has 0 radical (unpaired) electrons. The first-order valence-corrected chi connectivity index (χ1v) is 6.14. The van der Waals surface area contributed by atoms with E-state index in [1.165, 1.54) is 0 Å². The van der Waals surface area contributed by atoms with Gasteiger partial charge in [-0.1, -0.05) is 59.7 Å². The van der Waals surface area contributed by atoms with Gasteiger partial charge < -0.3 is 5.11 Å². The average Bonchev–Trinajstić information content (AvgIpc) is 2.42. The molecule has 0 fully saturated rings. The Balaban J connectivity index is 2.35. The van der Waals surface area contributed by atoms with Crippen molar-refractivity contribution in [3.8, 4) is 0 Å². The lowest BCUT2D eigenvalue weighted by molar-refractivity contribution is 0.105. The highest BCUT2D eigenvalue weighted by atomic mass is 16.2. The summed E-state index contributed by atoms with van der Waals surface area (Å²) >= 11 is 0. The van der Waals surface area contributed by atoms with Crippen LogP contribution < -0.4 is 0 Å². The summed E-state index contributed by atoms with van der Waals surface area (Å²) in [6.45, 7) is 3.95. The summed E-state index contributed by atoms with van der Waals surface area (Å²) < 4.78 is 0. The summed E-state index contributed by atoms with van der Waals surface area (Å²) in [5.74, 6) is -0.175. The van der Waals surface area contributed by atoms with Crippen LogP contribution in [0.2, 0.25) is 0 Å². The van der Waals surface area contributed by atoms with Gasteiger partial charge in [-0.3, -0.25) is 4.79 Å². The minimum absolute atomic E-state index is 0.175. The second kappa shape index (κ2) is 5.53. The number of rotatable bonds is 3. The third-order valence-corrected chi connectivity index (χ3v) is 3.05. The number of benzene rings is 2. The van der Waals surface area contributed by atoms with E-state index in [2.05, 4.69) is 0 Å². The highest BCUT2D eigenvalue weighted by molar-refractivity contribution is 6.28. The molecule has 0 unspecified atom stereocenters. The maximum Gasteiger partial charge on any atom is 0.196 e. The largest absolute Gasteiger partial charge is 0.515 e. The predicted molar refractivity (Wildman–Crippen MR) is 77.3 cm³/mol. The topological polar surface area (TPSA) is 37.3 Å². The van der Waals surface area contributed by atoms with Crippen molar-refractivity contribution in [3.05, 3.63) is 77.0 Å². The Morgan fingerprint density at radius 3 is 1.68 bits per heavy atom. The highest BCUT2D eigenvalue weighted by Crippen LogP contribution is 2.20. The molecule has 0 atom stereocenters. The van der Waals surface area contributed by atoms with Crippen molar-refractivity contribution < 1.29 is 9.90 Å². The molecule has 0 amide bonds. The van der Waals surface area contributed by atoms with Crippen molar-refractivity contribution in [2.45, 2.75) is 13.8 Å². The molecule has 0 bridgehead atoms. The quantitative estimate of drug-likeness (QED) is 0.507. The molecule has 0 aromatic heterocycles. The average molecular weight is 252 g/mol. The lowest BCUT2D eigenvalue weighted by Gasteiger charge is -2.06. The monoisotopic (exact) mass is 252 g/mol. The van der Waals surface area contributed by atoms with Gasteiger partial charge in [-0.2, -0.15) is 0 Å². The molecule has 2 aromatic rings. The maximum absolute atomic E-state index is 12.3. The maximum atomic E-state index is 12.3.